The average Bonchev–Trinajstić information content (AvgIpc) is 2.59. The molecule has 1 aromatic carbocycles. The van der Waals surface area contributed by atoms with Crippen LogP contribution in [0.4, 0.5) is 0 Å². The van der Waals surface area contributed by atoms with Crippen molar-refractivity contribution in [2.75, 3.05) is 0 Å². The molecule has 0 bridgehead atoms. The fourth-order valence-corrected chi connectivity index (χ4v) is 2.00. The van der Waals surface area contributed by atoms with Crippen LogP contribution in [0.2, 0.25) is 5.02 Å². The highest BCUT2D eigenvalue weighted by molar-refractivity contribution is 7.80. The molecule has 3 N–H and O–H groups in total. The number of aromatic nitrogens is 1. The molecule has 0 atom stereocenters. The third kappa shape index (κ3) is 5.45. The zero-order chi connectivity index (χ0) is 17.4. The summed E-state index contributed by atoms with van der Waals surface area (Å²) in [6.45, 7) is 0. The van der Waals surface area contributed by atoms with E-state index in [1.54, 1.807) is 36.4 Å². The van der Waals surface area contributed by atoms with E-state index in [1.807, 2.05) is 6.07 Å². The third-order valence-corrected chi connectivity index (χ3v) is 3.34. The van der Waals surface area contributed by atoms with Crippen LogP contribution < -0.4 is 16.2 Å². The number of hydrogen-bond donors (Lipinski definition) is 3. The van der Waals surface area contributed by atoms with Gasteiger partial charge in [0.25, 0.3) is 5.91 Å². The van der Waals surface area contributed by atoms with Crippen LogP contribution in [-0.4, -0.2) is 21.9 Å². The Balaban J connectivity index is 1.81. The summed E-state index contributed by atoms with van der Waals surface area (Å²) >= 11 is 10.9. The van der Waals surface area contributed by atoms with Gasteiger partial charge in [-0.25, -0.2) is 0 Å². The van der Waals surface area contributed by atoms with Crippen LogP contribution >= 0.6 is 23.8 Å². The summed E-state index contributed by atoms with van der Waals surface area (Å²) in [5.41, 5.74) is 5.93. The molecule has 1 aromatic heterocycles. The number of nitrogens with zero attached hydrogens (tertiary/aromatic N) is 1. The minimum Gasteiger partial charge on any atom is -0.298 e. The monoisotopic (exact) mass is 360 g/mol. The van der Waals surface area contributed by atoms with E-state index in [4.69, 9.17) is 23.8 Å². The lowest BCUT2D eigenvalue weighted by molar-refractivity contribution is -0.115. The highest BCUT2D eigenvalue weighted by Gasteiger charge is 2.06. The molecule has 2 rings (SSSR count). The molecule has 0 aliphatic rings. The highest BCUT2D eigenvalue weighted by atomic mass is 35.5. The van der Waals surface area contributed by atoms with Crippen molar-refractivity contribution in [3.63, 3.8) is 0 Å². The molecule has 122 valence electrons. The number of hydrazine groups is 1. The molecule has 8 heteroatoms. The Labute approximate surface area is 148 Å². The van der Waals surface area contributed by atoms with E-state index in [0.29, 0.717) is 16.1 Å². The van der Waals surface area contributed by atoms with E-state index in [1.165, 1.54) is 18.5 Å². The second-order valence-electron chi connectivity index (χ2n) is 4.49. The van der Waals surface area contributed by atoms with Gasteiger partial charge in [0.1, 0.15) is 0 Å². The van der Waals surface area contributed by atoms with Gasteiger partial charge in [-0.2, -0.15) is 0 Å². The van der Waals surface area contributed by atoms with Gasteiger partial charge in [0.05, 0.1) is 0 Å². The maximum atomic E-state index is 11.8. The topological polar surface area (TPSA) is 83.1 Å². The van der Waals surface area contributed by atoms with E-state index in [0.717, 1.165) is 0 Å². The summed E-state index contributed by atoms with van der Waals surface area (Å²) in [6.07, 6.45) is 5.85. The van der Waals surface area contributed by atoms with Crippen LogP contribution in [0.25, 0.3) is 6.08 Å². The molecule has 24 heavy (non-hydrogen) atoms. The second kappa shape index (κ2) is 8.76. The average molecular weight is 361 g/mol. The molecule has 0 saturated heterocycles. The Kier molecular flexibility index (Phi) is 6.41. The molecule has 0 saturated carbocycles. The van der Waals surface area contributed by atoms with Crippen molar-refractivity contribution in [1.82, 2.24) is 21.2 Å². The van der Waals surface area contributed by atoms with Crippen LogP contribution in [0.3, 0.4) is 0 Å². The molecule has 6 nitrogen and oxygen atoms in total. The van der Waals surface area contributed by atoms with Crippen molar-refractivity contribution < 1.29 is 9.59 Å². The van der Waals surface area contributed by atoms with Gasteiger partial charge in [0, 0.05) is 29.1 Å². The summed E-state index contributed by atoms with van der Waals surface area (Å²) < 4.78 is 0. The van der Waals surface area contributed by atoms with Crippen LogP contribution in [0.1, 0.15) is 15.9 Å². The highest BCUT2D eigenvalue weighted by Crippen LogP contribution is 2.15. The molecule has 0 radical (unpaired) electrons. The number of hydrogen-bond acceptors (Lipinski definition) is 4. The minimum absolute atomic E-state index is 0.0359. The van der Waals surface area contributed by atoms with Gasteiger partial charge in [-0.1, -0.05) is 29.8 Å². The van der Waals surface area contributed by atoms with Gasteiger partial charge in [-0.05, 0) is 42.1 Å². The van der Waals surface area contributed by atoms with Gasteiger partial charge in [-0.3, -0.25) is 30.7 Å². The van der Waals surface area contributed by atoms with Crippen molar-refractivity contribution in [2.45, 2.75) is 0 Å². The van der Waals surface area contributed by atoms with E-state index in [-0.39, 0.29) is 5.11 Å². The fraction of sp³-hybridized carbons (Fsp3) is 0. The van der Waals surface area contributed by atoms with Crippen LogP contribution in [0.15, 0.2) is 54.9 Å². The summed E-state index contributed by atoms with van der Waals surface area (Å²) in [5, 5.41) is 2.90. The quantitative estimate of drug-likeness (QED) is 0.443. The van der Waals surface area contributed by atoms with Crippen molar-refractivity contribution in [2.24, 2.45) is 0 Å². The molecular weight excluding hydrogens is 348 g/mol. The standard InChI is InChI=1S/C16H13ClN4O2S/c17-13-4-2-1-3-11(13)5-6-14(22)19-16(24)21-20-15(23)12-7-9-18-10-8-12/h1-10H,(H,20,23)(H2,19,21,22,24). The Morgan fingerprint density at radius 2 is 1.79 bits per heavy atom. The van der Waals surface area contributed by atoms with E-state index in [2.05, 4.69) is 21.2 Å². The van der Waals surface area contributed by atoms with Gasteiger partial charge >= 0.3 is 0 Å². The van der Waals surface area contributed by atoms with Crippen molar-refractivity contribution in [3.8, 4) is 0 Å². The number of halogens is 1. The molecule has 0 aliphatic heterocycles. The summed E-state index contributed by atoms with van der Waals surface area (Å²) in [4.78, 5) is 27.4. The number of nitrogens with one attached hydrogen (secondary N) is 3. The summed E-state index contributed by atoms with van der Waals surface area (Å²) in [6, 6.07) is 10.2. The summed E-state index contributed by atoms with van der Waals surface area (Å²) in [5.74, 6) is -0.855. The van der Waals surface area contributed by atoms with Crippen LogP contribution in [-0.2, 0) is 4.79 Å². The van der Waals surface area contributed by atoms with Crippen molar-refractivity contribution in [3.05, 3.63) is 71.0 Å². The Hall–Kier alpha value is -2.77. The lowest BCUT2D eigenvalue weighted by Crippen LogP contribution is -2.48. The molecule has 0 aliphatic carbocycles. The van der Waals surface area contributed by atoms with E-state index in [9.17, 15) is 9.59 Å². The molecular formula is C16H13ClN4O2S. The van der Waals surface area contributed by atoms with Gasteiger partial charge in [0.15, 0.2) is 5.11 Å². The number of amides is 2. The zero-order valence-corrected chi connectivity index (χ0v) is 13.9. The van der Waals surface area contributed by atoms with Crippen LogP contribution in [0.5, 0.6) is 0 Å². The molecule has 2 amide bonds. The number of rotatable bonds is 3. The summed E-state index contributed by atoms with van der Waals surface area (Å²) in [7, 11) is 0. The number of carbonyl (C=O) groups excluding carboxylic acids is 2. The van der Waals surface area contributed by atoms with Crippen LogP contribution in [0, 0.1) is 0 Å². The molecule has 0 fully saturated rings. The SMILES string of the molecule is O=C(C=Cc1ccccc1Cl)NC(=S)NNC(=O)c1ccncc1. The predicted molar refractivity (Wildman–Crippen MR) is 96.1 cm³/mol. The molecule has 1 heterocycles. The van der Waals surface area contributed by atoms with E-state index >= 15 is 0 Å². The Morgan fingerprint density at radius 1 is 1.08 bits per heavy atom. The fourth-order valence-electron chi connectivity index (χ4n) is 1.65. The van der Waals surface area contributed by atoms with Gasteiger partial charge in [0.2, 0.25) is 5.91 Å². The number of benzene rings is 1. The number of pyridine rings is 1. The maximum Gasteiger partial charge on any atom is 0.269 e. The third-order valence-electron chi connectivity index (χ3n) is 2.79. The van der Waals surface area contributed by atoms with Gasteiger partial charge in [-0.15, -0.1) is 0 Å². The molecule has 2 aromatic rings. The number of thiocarbonyl (C=S) groups is 1. The lowest BCUT2D eigenvalue weighted by Gasteiger charge is -2.09. The van der Waals surface area contributed by atoms with Crippen molar-refractivity contribution >= 4 is 46.8 Å². The van der Waals surface area contributed by atoms with E-state index < -0.39 is 11.8 Å². The lowest BCUT2D eigenvalue weighted by atomic mass is 10.2. The first-order chi connectivity index (χ1) is 11.6. The first kappa shape index (κ1) is 17.6. The van der Waals surface area contributed by atoms with Crippen molar-refractivity contribution in [1.29, 1.82) is 0 Å². The first-order valence-corrected chi connectivity index (χ1v) is 7.59. The molecule has 0 unspecified atom stereocenters. The normalized spacial score (nSPS) is 10.2. The number of carbonyl (C=O) groups is 2. The minimum atomic E-state index is -0.453. The first-order valence-electron chi connectivity index (χ1n) is 6.80. The largest absolute Gasteiger partial charge is 0.298 e. The molecule has 0 spiro atoms. The maximum absolute atomic E-state index is 11.8. The zero-order valence-electron chi connectivity index (χ0n) is 12.3. The second-order valence-corrected chi connectivity index (χ2v) is 5.30. The Bertz CT molecular complexity index is 781. The smallest absolute Gasteiger partial charge is 0.269 e. The predicted octanol–water partition coefficient (Wildman–Crippen LogP) is 2.08. The Morgan fingerprint density at radius 3 is 2.50 bits per heavy atom. The van der Waals surface area contributed by atoms with Gasteiger partial charge < -0.3 is 0 Å².